The molecule has 0 aliphatic carbocycles. The van der Waals surface area contributed by atoms with Gasteiger partial charge in [0.1, 0.15) is 18.4 Å². The summed E-state index contributed by atoms with van der Waals surface area (Å²) in [7, 11) is 3.82. The quantitative estimate of drug-likeness (QED) is 0.230. The molecule has 0 saturated carbocycles. The molecule has 0 aromatic carbocycles. The number of rotatable bonds is 7. The molecule has 1 aliphatic rings. The first kappa shape index (κ1) is 22.2. The second kappa shape index (κ2) is 11.0. The number of carbonyl (C=O) groups excluding carboxylic acids is 1. The summed E-state index contributed by atoms with van der Waals surface area (Å²) in [5.41, 5.74) is 2.06. The van der Waals surface area contributed by atoms with E-state index >= 15 is 0 Å². The third-order valence-electron chi connectivity index (χ3n) is 4.48. The van der Waals surface area contributed by atoms with Crippen LogP contribution < -0.4 is 0 Å². The van der Waals surface area contributed by atoms with E-state index in [4.69, 9.17) is 4.99 Å². The number of guanidine groups is 1. The van der Waals surface area contributed by atoms with Gasteiger partial charge in [0.25, 0.3) is 0 Å². The average molecular weight is 397 g/mol. The lowest BCUT2D eigenvalue weighted by Gasteiger charge is -2.32. The van der Waals surface area contributed by atoms with E-state index in [0.29, 0.717) is 23.6 Å². The normalized spacial score (nSPS) is 18.4. The number of nitrogens with zero attached hydrogens (tertiary/aromatic N) is 5. The molecule has 1 atom stereocenters. The highest BCUT2D eigenvalue weighted by Crippen LogP contribution is 2.27. The molecule has 2 heterocycles. The molecule has 1 aliphatic heterocycles. The molecule has 1 aromatic heterocycles. The third-order valence-corrected chi connectivity index (χ3v) is 4.48. The van der Waals surface area contributed by atoms with Gasteiger partial charge in [0.2, 0.25) is 5.96 Å². The lowest BCUT2D eigenvalue weighted by atomic mass is 10.0. The van der Waals surface area contributed by atoms with E-state index in [1.807, 2.05) is 19.0 Å². The van der Waals surface area contributed by atoms with Crippen molar-refractivity contribution in [1.82, 2.24) is 19.8 Å². The Labute approximate surface area is 171 Å². The summed E-state index contributed by atoms with van der Waals surface area (Å²) in [6, 6.07) is 1.78. The Morgan fingerprint density at radius 3 is 2.83 bits per heavy atom. The van der Waals surface area contributed by atoms with Crippen molar-refractivity contribution in [2.24, 2.45) is 4.99 Å². The van der Waals surface area contributed by atoms with E-state index in [0.717, 1.165) is 31.4 Å². The van der Waals surface area contributed by atoms with Crippen LogP contribution in [0.2, 0.25) is 0 Å². The fraction of sp³-hybridized carbons (Fsp3) is 0.364. The largest absolute Gasteiger partial charge is 0.349 e. The van der Waals surface area contributed by atoms with Crippen molar-refractivity contribution < 1.29 is 9.18 Å². The topological polar surface area (TPSA) is 61.7 Å². The first-order chi connectivity index (χ1) is 14.0. The Hall–Kier alpha value is -3.09. The van der Waals surface area contributed by atoms with Crippen LogP contribution >= 0.6 is 0 Å². The lowest BCUT2D eigenvalue weighted by molar-refractivity contribution is -0.104. The van der Waals surface area contributed by atoms with Crippen molar-refractivity contribution >= 4 is 17.9 Å². The summed E-state index contributed by atoms with van der Waals surface area (Å²) in [6.07, 6.45) is 13.2. The molecule has 1 aromatic rings. The fourth-order valence-electron chi connectivity index (χ4n) is 3.31. The second-order valence-corrected chi connectivity index (χ2v) is 6.83. The Morgan fingerprint density at radius 2 is 2.24 bits per heavy atom. The van der Waals surface area contributed by atoms with E-state index in [1.165, 1.54) is 18.5 Å². The highest BCUT2D eigenvalue weighted by Gasteiger charge is 2.30. The van der Waals surface area contributed by atoms with E-state index in [1.54, 1.807) is 18.3 Å². The first-order valence-electron chi connectivity index (χ1n) is 9.65. The molecule has 1 unspecified atom stereocenters. The molecule has 29 heavy (non-hydrogen) atoms. The fourth-order valence-corrected chi connectivity index (χ4v) is 3.31. The Kier molecular flexibility index (Phi) is 8.45. The number of aliphatic imine (C=N–C) groups is 1. The SMILES string of the molecule is C=C(F)/C=C\C(=C/CC)C1CCCN1C(=N/C(=C\C=O)c1ccncn1)N(C)C. The maximum Gasteiger partial charge on any atom is 0.201 e. The van der Waals surface area contributed by atoms with Crippen LogP contribution in [0.3, 0.4) is 0 Å². The minimum atomic E-state index is -0.474. The van der Waals surface area contributed by atoms with Crippen LogP contribution in [0.1, 0.15) is 31.9 Å². The molecule has 0 N–H and O–H groups in total. The molecule has 154 valence electrons. The third kappa shape index (κ3) is 6.20. The summed E-state index contributed by atoms with van der Waals surface area (Å²) in [5, 5.41) is 0. The van der Waals surface area contributed by atoms with Crippen molar-refractivity contribution in [2.75, 3.05) is 20.6 Å². The molecule has 1 saturated heterocycles. The van der Waals surface area contributed by atoms with Gasteiger partial charge in [-0.25, -0.2) is 19.4 Å². The highest BCUT2D eigenvalue weighted by atomic mass is 19.1. The minimum absolute atomic E-state index is 0.0644. The standard InChI is InChI=1S/C22H28FN5O/c1-5-7-18(10-9-17(2)23)21-8-6-14-28(21)22(27(3)4)26-20(12-15-29)19-11-13-24-16-25-19/h7,9-13,15-16,21H,2,5-6,8,14H2,1,3-4H3/b10-9-,18-7+,20-12-,26-22?. The Balaban J connectivity index is 2.45. The molecule has 0 spiro atoms. The smallest absolute Gasteiger partial charge is 0.201 e. The van der Waals surface area contributed by atoms with Crippen LogP contribution in [0, 0.1) is 0 Å². The van der Waals surface area contributed by atoms with Crippen LogP contribution in [0.4, 0.5) is 4.39 Å². The number of allylic oxidation sites excluding steroid dienone is 4. The maximum absolute atomic E-state index is 13.2. The number of aldehydes is 1. The van der Waals surface area contributed by atoms with Gasteiger partial charge in [-0.1, -0.05) is 25.7 Å². The molecule has 0 radical (unpaired) electrons. The van der Waals surface area contributed by atoms with E-state index in [2.05, 4.69) is 34.4 Å². The summed E-state index contributed by atoms with van der Waals surface area (Å²) < 4.78 is 13.2. The predicted octanol–water partition coefficient (Wildman–Crippen LogP) is 3.77. The van der Waals surface area contributed by atoms with Crippen molar-refractivity contribution in [3.63, 3.8) is 0 Å². The highest BCUT2D eigenvalue weighted by molar-refractivity contribution is 5.90. The van der Waals surface area contributed by atoms with Gasteiger partial charge < -0.3 is 9.80 Å². The van der Waals surface area contributed by atoms with Gasteiger partial charge >= 0.3 is 0 Å². The van der Waals surface area contributed by atoms with Crippen molar-refractivity contribution in [2.45, 2.75) is 32.2 Å². The zero-order valence-electron chi connectivity index (χ0n) is 17.3. The molecule has 1 fully saturated rings. The lowest BCUT2D eigenvalue weighted by Crippen LogP contribution is -2.44. The zero-order chi connectivity index (χ0) is 21.2. The number of carbonyl (C=O) groups is 1. The van der Waals surface area contributed by atoms with Gasteiger partial charge in [-0.2, -0.15) is 0 Å². The molecular weight excluding hydrogens is 369 g/mol. The maximum atomic E-state index is 13.2. The van der Waals surface area contributed by atoms with Crippen LogP contribution in [0.25, 0.3) is 5.70 Å². The summed E-state index contributed by atoms with van der Waals surface area (Å²) in [5.74, 6) is 0.242. The van der Waals surface area contributed by atoms with Crippen molar-refractivity contribution in [3.05, 3.63) is 66.6 Å². The van der Waals surface area contributed by atoms with Crippen LogP contribution in [-0.4, -0.2) is 58.7 Å². The van der Waals surface area contributed by atoms with Crippen LogP contribution in [0.15, 0.2) is 65.9 Å². The Morgan fingerprint density at radius 1 is 1.45 bits per heavy atom. The van der Waals surface area contributed by atoms with E-state index in [9.17, 15) is 9.18 Å². The number of aromatic nitrogens is 2. The Bertz CT molecular complexity index is 827. The second-order valence-electron chi connectivity index (χ2n) is 6.83. The molecule has 2 rings (SSSR count). The molecule has 6 nitrogen and oxygen atoms in total. The van der Waals surface area contributed by atoms with Crippen LogP contribution in [-0.2, 0) is 4.79 Å². The van der Waals surface area contributed by atoms with E-state index in [-0.39, 0.29) is 6.04 Å². The zero-order valence-corrected chi connectivity index (χ0v) is 17.3. The molecule has 0 bridgehead atoms. The summed E-state index contributed by atoms with van der Waals surface area (Å²) in [4.78, 5) is 28.2. The van der Waals surface area contributed by atoms with Crippen molar-refractivity contribution in [3.8, 4) is 0 Å². The van der Waals surface area contributed by atoms with Gasteiger partial charge in [-0.3, -0.25) is 4.79 Å². The van der Waals surface area contributed by atoms with E-state index < -0.39 is 5.83 Å². The minimum Gasteiger partial charge on any atom is -0.349 e. The number of likely N-dealkylation sites (tertiary alicyclic amines) is 1. The van der Waals surface area contributed by atoms with Gasteiger partial charge in [0, 0.05) is 32.9 Å². The molecular formula is C22H28FN5O. The van der Waals surface area contributed by atoms with Gasteiger partial charge in [-0.15, -0.1) is 0 Å². The first-order valence-corrected chi connectivity index (χ1v) is 9.65. The molecule has 0 amide bonds. The average Bonchev–Trinajstić information content (AvgIpc) is 3.17. The monoisotopic (exact) mass is 397 g/mol. The number of hydrogen-bond acceptors (Lipinski definition) is 4. The van der Waals surface area contributed by atoms with Crippen molar-refractivity contribution in [1.29, 1.82) is 0 Å². The number of hydrogen-bond donors (Lipinski definition) is 0. The summed E-state index contributed by atoms with van der Waals surface area (Å²) >= 11 is 0. The van der Waals surface area contributed by atoms with Gasteiger partial charge in [0.15, 0.2) is 0 Å². The van der Waals surface area contributed by atoms with Gasteiger partial charge in [-0.05, 0) is 37.0 Å². The molecule has 7 heteroatoms. The van der Waals surface area contributed by atoms with Gasteiger partial charge in [0.05, 0.1) is 17.4 Å². The predicted molar refractivity (Wildman–Crippen MR) is 115 cm³/mol. The van der Waals surface area contributed by atoms with Crippen LogP contribution in [0.5, 0.6) is 0 Å². The summed E-state index contributed by atoms with van der Waals surface area (Å²) in [6.45, 7) is 6.18. The number of halogens is 1.